The normalized spacial score (nSPS) is 11.6. The molecule has 0 aliphatic rings. The lowest BCUT2D eigenvalue weighted by atomic mass is 10.2. The predicted molar refractivity (Wildman–Crippen MR) is 90.6 cm³/mol. The molecule has 0 aliphatic heterocycles. The number of nitro groups is 1. The Morgan fingerprint density at radius 2 is 1.83 bits per heavy atom. The van der Waals surface area contributed by atoms with E-state index in [1.807, 2.05) is 0 Å². The zero-order valence-corrected chi connectivity index (χ0v) is 15.5. The van der Waals surface area contributed by atoms with Crippen molar-refractivity contribution < 1.29 is 18.1 Å². The first-order valence-corrected chi connectivity index (χ1v) is 9.06. The fraction of sp³-hybridized carbons (Fsp3) is 0.500. The number of carbonyl (C=O) groups is 1. The van der Waals surface area contributed by atoms with Gasteiger partial charge in [0, 0.05) is 31.8 Å². The summed E-state index contributed by atoms with van der Waals surface area (Å²) < 4.78 is 26.0. The molecular weight excluding hydrogens is 358 g/mol. The van der Waals surface area contributed by atoms with Crippen molar-refractivity contribution >= 4 is 33.2 Å². The van der Waals surface area contributed by atoms with Gasteiger partial charge < -0.3 is 4.90 Å². The van der Waals surface area contributed by atoms with Crippen LogP contribution in [-0.2, 0) is 14.8 Å². The lowest BCUT2D eigenvalue weighted by molar-refractivity contribution is -0.385. The van der Waals surface area contributed by atoms with Gasteiger partial charge in [0.15, 0.2) is 0 Å². The van der Waals surface area contributed by atoms with Crippen LogP contribution in [0.3, 0.4) is 0 Å². The molecule has 10 heteroatoms. The van der Waals surface area contributed by atoms with Crippen LogP contribution in [0.25, 0.3) is 0 Å². The summed E-state index contributed by atoms with van der Waals surface area (Å²) in [6, 6.07) is 2.10. The molecule has 0 saturated heterocycles. The van der Waals surface area contributed by atoms with E-state index in [0.29, 0.717) is 13.1 Å². The van der Waals surface area contributed by atoms with Crippen LogP contribution < -0.4 is 0 Å². The average Bonchev–Trinajstić information content (AvgIpc) is 2.50. The Labute approximate surface area is 146 Å². The molecule has 134 valence electrons. The second-order valence-electron chi connectivity index (χ2n) is 5.13. The predicted octanol–water partition coefficient (Wildman–Crippen LogP) is 2.05. The van der Waals surface area contributed by atoms with E-state index >= 15 is 0 Å². The number of carbonyl (C=O) groups excluding carboxylic acids is 1. The molecular formula is C14H20ClN3O5S. The Kier molecular flexibility index (Phi) is 6.70. The number of nitrogens with zero attached hydrogens (tertiary/aromatic N) is 3. The maximum Gasteiger partial charge on any atom is 0.275 e. The minimum Gasteiger partial charge on any atom is -0.342 e. The van der Waals surface area contributed by atoms with Crippen molar-refractivity contribution in [3.63, 3.8) is 0 Å². The van der Waals surface area contributed by atoms with E-state index in [0.717, 1.165) is 16.4 Å². The van der Waals surface area contributed by atoms with Crippen molar-refractivity contribution in [1.29, 1.82) is 0 Å². The summed E-state index contributed by atoms with van der Waals surface area (Å²) in [6.07, 6.45) is 0. The van der Waals surface area contributed by atoms with Gasteiger partial charge in [-0.3, -0.25) is 14.9 Å². The molecule has 0 aliphatic carbocycles. The van der Waals surface area contributed by atoms with Gasteiger partial charge in [0.05, 0.1) is 21.4 Å². The molecule has 1 amide bonds. The molecule has 1 rings (SSSR count). The van der Waals surface area contributed by atoms with Gasteiger partial charge in [0.1, 0.15) is 0 Å². The highest BCUT2D eigenvalue weighted by molar-refractivity contribution is 7.89. The SMILES string of the molecule is CCN(CC)C(=O)CN(C)S(=O)(=O)c1cc(Cl)c(C)c([N+](=O)[O-])c1. The highest BCUT2D eigenvalue weighted by Crippen LogP contribution is 2.30. The number of sulfonamides is 1. The highest BCUT2D eigenvalue weighted by Gasteiger charge is 2.28. The second-order valence-corrected chi connectivity index (χ2v) is 7.59. The highest BCUT2D eigenvalue weighted by atomic mass is 35.5. The van der Waals surface area contributed by atoms with Crippen LogP contribution in [-0.4, -0.2) is 55.1 Å². The summed E-state index contributed by atoms with van der Waals surface area (Å²) in [5.41, 5.74) is -0.202. The van der Waals surface area contributed by atoms with E-state index in [4.69, 9.17) is 11.6 Å². The van der Waals surface area contributed by atoms with E-state index in [-0.39, 0.29) is 33.6 Å². The van der Waals surface area contributed by atoms with E-state index in [1.54, 1.807) is 13.8 Å². The van der Waals surface area contributed by atoms with Crippen molar-refractivity contribution in [3.05, 3.63) is 32.8 Å². The lowest BCUT2D eigenvalue weighted by Crippen LogP contribution is -2.41. The molecule has 1 aromatic carbocycles. The zero-order chi connectivity index (χ0) is 18.7. The number of halogens is 1. The Hall–Kier alpha value is -1.71. The third kappa shape index (κ3) is 4.22. The monoisotopic (exact) mass is 377 g/mol. The number of benzene rings is 1. The molecule has 24 heavy (non-hydrogen) atoms. The van der Waals surface area contributed by atoms with Crippen molar-refractivity contribution in [3.8, 4) is 0 Å². The molecule has 0 N–H and O–H groups in total. The van der Waals surface area contributed by atoms with Crippen LogP contribution in [0.4, 0.5) is 5.69 Å². The van der Waals surface area contributed by atoms with Crippen LogP contribution in [0.5, 0.6) is 0 Å². The van der Waals surface area contributed by atoms with E-state index < -0.39 is 14.9 Å². The third-order valence-electron chi connectivity index (χ3n) is 3.67. The zero-order valence-electron chi connectivity index (χ0n) is 13.9. The second kappa shape index (κ2) is 7.91. The fourth-order valence-corrected chi connectivity index (χ4v) is 3.56. The Balaban J connectivity index is 3.20. The first kappa shape index (κ1) is 20.3. The fourth-order valence-electron chi connectivity index (χ4n) is 2.11. The largest absolute Gasteiger partial charge is 0.342 e. The van der Waals surface area contributed by atoms with Crippen LogP contribution >= 0.6 is 11.6 Å². The van der Waals surface area contributed by atoms with Crippen molar-refractivity contribution in [1.82, 2.24) is 9.21 Å². The smallest absolute Gasteiger partial charge is 0.275 e. The standard InChI is InChI=1S/C14H20ClN3O5S/c1-5-17(6-2)14(19)9-16(4)24(22,23)11-7-12(15)10(3)13(8-11)18(20)21/h7-8H,5-6,9H2,1-4H3. The summed E-state index contributed by atoms with van der Waals surface area (Å²) in [4.78, 5) is 23.6. The van der Waals surface area contributed by atoms with E-state index in [1.165, 1.54) is 18.9 Å². The first-order valence-electron chi connectivity index (χ1n) is 7.24. The quantitative estimate of drug-likeness (QED) is 0.534. The van der Waals surface area contributed by atoms with Gasteiger partial charge >= 0.3 is 0 Å². The Morgan fingerprint density at radius 1 is 1.29 bits per heavy atom. The van der Waals surface area contributed by atoms with Gasteiger partial charge in [-0.25, -0.2) is 8.42 Å². The molecule has 0 atom stereocenters. The molecule has 0 aromatic heterocycles. The maximum absolute atomic E-state index is 12.6. The minimum absolute atomic E-state index is 0.0220. The van der Waals surface area contributed by atoms with Crippen LogP contribution in [0.15, 0.2) is 17.0 Å². The van der Waals surface area contributed by atoms with E-state index in [2.05, 4.69) is 0 Å². The van der Waals surface area contributed by atoms with Gasteiger partial charge in [-0.2, -0.15) is 4.31 Å². The number of amides is 1. The van der Waals surface area contributed by atoms with Gasteiger partial charge in [0.2, 0.25) is 15.9 Å². The molecule has 0 fully saturated rings. The lowest BCUT2D eigenvalue weighted by Gasteiger charge is -2.23. The molecule has 0 spiro atoms. The average molecular weight is 378 g/mol. The van der Waals surface area contributed by atoms with Crippen LogP contribution in [0.1, 0.15) is 19.4 Å². The Morgan fingerprint density at radius 3 is 2.29 bits per heavy atom. The molecule has 1 aromatic rings. The molecule has 0 heterocycles. The molecule has 0 radical (unpaired) electrons. The number of likely N-dealkylation sites (N-methyl/N-ethyl adjacent to an activating group) is 2. The Bertz CT molecular complexity index is 747. The number of rotatable bonds is 7. The van der Waals surface area contributed by atoms with Crippen molar-refractivity contribution in [2.75, 3.05) is 26.7 Å². The number of hydrogen-bond acceptors (Lipinski definition) is 5. The number of nitro benzene ring substituents is 1. The third-order valence-corrected chi connectivity index (χ3v) is 5.84. The number of hydrogen-bond donors (Lipinski definition) is 0. The van der Waals surface area contributed by atoms with Crippen molar-refractivity contribution in [2.24, 2.45) is 0 Å². The topological polar surface area (TPSA) is 101 Å². The molecule has 0 saturated carbocycles. The van der Waals surface area contributed by atoms with Gasteiger partial charge in [-0.05, 0) is 26.8 Å². The van der Waals surface area contributed by atoms with Crippen molar-refractivity contribution in [2.45, 2.75) is 25.7 Å². The summed E-state index contributed by atoms with van der Waals surface area (Å²) in [5, 5.41) is 11.0. The van der Waals surface area contributed by atoms with Crippen LogP contribution in [0, 0.1) is 17.0 Å². The molecule has 8 nitrogen and oxygen atoms in total. The van der Waals surface area contributed by atoms with Gasteiger partial charge in [0.25, 0.3) is 5.69 Å². The van der Waals surface area contributed by atoms with Gasteiger partial charge in [-0.15, -0.1) is 0 Å². The first-order chi connectivity index (χ1) is 11.1. The summed E-state index contributed by atoms with van der Waals surface area (Å²) >= 11 is 5.91. The summed E-state index contributed by atoms with van der Waals surface area (Å²) in [7, 11) is -2.84. The summed E-state index contributed by atoms with van der Waals surface area (Å²) in [6.45, 7) is 5.59. The van der Waals surface area contributed by atoms with E-state index in [9.17, 15) is 23.3 Å². The maximum atomic E-state index is 12.6. The molecule has 0 bridgehead atoms. The minimum atomic E-state index is -4.08. The molecule has 0 unspecified atom stereocenters. The summed E-state index contributed by atoms with van der Waals surface area (Å²) in [5.74, 6) is -0.348. The van der Waals surface area contributed by atoms with Gasteiger partial charge in [-0.1, -0.05) is 11.6 Å². The van der Waals surface area contributed by atoms with Crippen LogP contribution in [0.2, 0.25) is 5.02 Å².